The van der Waals surface area contributed by atoms with Gasteiger partial charge in [0.15, 0.2) is 5.65 Å². The lowest BCUT2D eigenvalue weighted by atomic mass is 10.3. The molecular weight excluding hydrogens is 218 g/mol. The molecular formula is C12H13N3S. The summed E-state index contributed by atoms with van der Waals surface area (Å²) in [4.78, 5) is 12.8. The van der Waals surface area contributed by atoms with Gasteiger partial charge in [-0.2, -0.15) is 0 Å². The van der Waals surface area contributed by atoms with Crippen LogP contribution in [0.15, 0.2) is 29.7 Å². The zero-order valence-electron chi connectivity index (χ0n) is 8.97. The third kappa shape index (κ3) is 1.89. The predicted octanol–water partition coefficient (Wildman–Crippen LogP) is 3.06. The van der Waals surface area contributed by atoms with E-state index >= 15 is 0 Å². The minimum Gasteiger partial charge on any atom is -0.237 e. The Labute approximate surface area is 98.7 Å². The number of pyridine rings is 1. The van der Waals surface area contributed by atoms with E-state index in [-0.39, 0.29) is 0 Å². The van der Waals surface area contributed by atoms with E-state index in [0.717, 1.165) is 21.3 Å². The summed E-state index contributed by atoms with van der Waals surface area (Å²) >= 11 is 1.89. The quantitative estimate of drug-likeness (QED) is 0.745. The van der Waals surface area contributed by atoms with Gasteiger partial charge in [0.25, 0.3) is 0 Å². The maximum Gasteiger partial charge on any atom is 0.163 e. The van der Waals surface area contributed by atoms with E-state index in [1.165, 1.54) is 25.7 Å². The van der Waals surface area contributed by atoms with E-state index in [2.05, 4.69) is 21.0 Å². The number of fused-ring (bicyclic) bond motifs is 1. The number of hydrogen-bond acceptors (Lipinski definition) is 4. The van der Waals surface area contributed by atoms with Gasteiger partial charge >= 0.3 is 0 Å². The van der Waals surface area contributed by atoms with Crippen molar-refractivity contribution in [2.45, 2.75) is 36.0 Å². The van der Waals surface area contributed by atoms with Crippen LogP contribution in [0.3, 0.4) is 0 Å². The second-order valence-electron chi connectivity index (χ2n) is 4.08. The highest BCUT2D eigenvalue weighted by Crippen LogP contribution is 2.35. The number of nitrogens with zero attached hydrogens (tertiary/aromatic N) is 3. The molecule has 4 heteroatoms. The second kappa shape index (κ2) is 4.37. The first-order valence-corrected chi connectivity index (χ1v) is 6.54. The summed E-state index contributed by atoms with van der Waals surface area (Å²) < 4.78 is 0. The molecule has 0 aliphatic heterocycles. The molecule has 3 rings (SSSR count). The Hall–Kier alpha value is -1.16. The monoisotopic (exact) mass is 231 g/mol. The van der Waals surface area contributed by atoms with Gasteiger partial charge < -0.3 is 0 Å². The Bertz CT molecular complexity index is 489. The SMILES string of the molecule is c1cnc2ncnc(SC3CCCC3)c2c1. The van der Waals surface area contributed by atoms with Crippen molar-refractivity contribution in [2.24, 2.45) is 0 Å². The molecule has 16 heavy (non-hydrogen) atoms. The average Bonchev–Trinajstić information content (AvgIpc) is 2.82. The zero-order chi connectivity index (χ0) is 10.8. The molecule has 1 fully saturated rings. The molecule has 2 aromatic rings. The Balaban J connectivity index is 1.96. The molecule has 0 N–H and O–H groups in total. The minimum absolute atomic E-state index is 0.735. The van der Waals surface area contributed by atoms with Crippen LogP contribution in [0.2, 0.25) is 0 Å². The van der Waals surface area contributed by atoms with Crippen molar-refractivity contribution < 1.29 is 0 Å². The van der Waals surface area contributed by atoms with Crippen LogP contribution < -0.4 is 0 Å². The Morgan fingerprint density at radius 1 is 1.12 bits per heavy atom. The number of aromatic nitrogens is 3. The van der Waals surface area contributed by atoms with Crippen molar-refractivity contribution in [1.29, 1.82) is 0 Å². The molecule has 0 saturated heterocycles. The van der Waals surface area contributed by atoms with Crippen molar-refractivity contribution in [3.63, 3.8) is 0 Å². The van der Waals surface area contributed by atoms with Gasteiger partial charge in [-0.25, -0.2) is 15.0 Å². The Kier molecular flexibility index (Phi) is 2.74. The maximum atomic E-state index is 4.38. The second-order valence-corrected chi connectivity index (χ2v) is 5.37. The predicted molar refractivity (Wildman–Crippen MR) is 65.4 cm³/mol. The smallest absolute Gasteiger partial charge is 0.163 e. The van der Waals surface area contributed by atoms with Gasteiger partial charge in [0.05, 0.1) is 5.39 Å². The molecule has 2 heterocycles. The number of thioether (sulfide) groups is 1. The summed E-state index contributed by atoms with van der Waals surface area (Å²) in [5.41, 5.74) is 0.804. The third-order valence-electron chi connectivity index (χ3n) is 2.95. The molecule has 82 valence electrons. The molecule has 0 amide bonds. The van der Waals surface area contributed by atoms with Crippen molar-refractivity contribution in [1.82, 2.24) is 15.0 Å². The highest BCUT2D eigenvalue weighted by atomic mass is 32.2. The van der Waals surface area contributed by atoms with E-state index in [9.17, 15) is 0 Å². The van der Waals surface area contributed by atoms with Crippen molar-refractivity contribution in [2.75, 3.05) is 0 Å². The largest absolute Gasteiger partial charge is 0.237 e. The number of hydrogen-bond donors (Lipinski definition) is 0. The van der Waals surface area contributed by atoms with Crippen LogP contribution in [-0.4, -0.2) is 20.2 Å². The van der Waals surface area contributed by atoms with Gasteiger partial charge in [-0.1, -0.05) is 12.8 Å². The molecule has 1 saturated carbocycles. The van der Waals surface area contributed by atoms with Crippen LogP contribution >= 0.6 is 11.8 Å². The molecule has 0 radical (unpaired) electrons. The van der Waals surface area contributed by atoms with Crippen molar-refractivity contribution in [3.05, 3.63) is 24.7 Å². The molecule has 0 spiro atoms. The van der Waals surface area contributed by atoms with Gasteiger partial charge in [0, 0.05) is 11.4 Å². The molecule has 0 bridgehead atoms. The van der Waals surface area contributed by atoms with Crippen molar-refractivity contribution >= 4 is 22.8 Å². The van der Waals surface area contributed by atoms with Gasteiger partial charge in [0.1, 0.15) is 11.4 Å². The molecule has 1 aliphatic rings. The van der Waals surface area contributed by atoms with Gasteiger partial charge in [-0.15, -0.1) is 11.8 Å². The molecule has 2 aromatic heterocycles. The maximum absolute atomic E-state index is 4.38. The summed E-state index contributed by atoms with van der Waals surface area (Å²) in [6, 6.07) is 4.00. The Morgan fingerprint density at radius 3 is 2.88 bits per heavy atom. The van der Waals surface area contributed by atoms with Crippen LogP contribution in [0.25, 0.3) is 11.0 Å². The van der Waals surface area contributed by atoms with Crippen LogP contribution in [0.5, 0.6) is 0 Å². The average molecular weight is 231 g/mol. The highest BCUT2D eigenvalue weighted by molar-refractivity contribution is 8.00. The van der Waals surface area contributed by atoms with Gasteiger partial charge in [-0.3, -0.25) is 0 Å². The normalized spacial score (nSPS) is 17.0. The van der Waals surface area contributed by atoms with E-state index in [1.54, 1.807) is 12.5 Å². The van der Waals surface area contributed by atoms with E-state index < -0.39 is 0 Å². The van der Waals surface area contributed by atoms with E-state index in [0.29, 0.717) is 0 Å². The molecule has 1 aliphatic carbocycles. The summed E-state index contributed by atoms with van der Waals surface area (Å²) in [6.45, 7) is 0. The lowest BCUT2D eigenvalue weighted by molar-refractivity contribution is 0.886. The van der Waals surface area contributed by atoms with E-state index in [4.69, 9.17) is 0 Å². The lowest BCUT2D eigenvalue weighted by Gasteiger charge is -2.08. The van der Waals surface area contributed by atoms with Gasteiger partial charge in [0.2, 0.25) is 0 Å². The standard InChI is InChI=1S/C12H13N3S/c1-2-5-9(4-1)16-12-10-6-3-7-13-11(10)14-8-15-12/h3,6-9H,1-2,4-5H2. The first-order chi connectivity index (χ1) is 7.93. The van der Waals surface area contributed by atoms with Crippen LogP contribution in [0, 0.1) is 0 Å². The summed E-state index contributed by atoms with van der Waals surface area (Å²) in [5, 5.41) is 2.91. The highest BCUT2D eigenvalue weighted by Gasteiger charge is 2.18. The molecule has 0 unspecified atom stereocenters. The summed E-state index contributed by atoms with van der Waals surface area (Å²) in [5.74, 6) is 0. The van der Waals surface area contributed by atoms with Gasteiger partial charge in [-0.05, 0) is 25.0 Å². The topological polar surface area (TPSA) is 38.7 Å². The molecule has 0 atom stereocenters. The first-order valence-electron chi connectivity index (χ1n) is 5.66. The van der Waals surface area contributed by atoms with Crippen LogP contribution in [0.1, 0.15) is 25.7 Å². The summed E-state index contributed by atoms with van der Waals surface area (Å²) in [6.07, 6.45) is 8.75. The minimum atomic E-state index is 0.735. The fourth-order valence-corrected chi connectivity index (χ4v) is 3.41. The lowest BCUT2D eigenvalue weighted by Crippen LogP contribution is -1.96. The molecule has 3 nitrogen and oxygen atoms in total. The van der Waals surface area contributed by atoms with Crippen LogP contribution in [-0.2, 0) is 0 Å². The van der Waals surface area contributed by atoms with E-state index in [1.807, 2.05) is 17.8 Å². The zero-order valence-corrected chi connectivity index (χ0v) is 9.78. The fraction of sp³-hybridized carbons (Fsp3) is 0.417. The number of rotatable bonds is 2. The first kappa shape index (κ1) is 10.0. The fourth-order valence-electron chi connectivity index (χ4n) is 2.13. The molecule has 0 aromatic carbocycles. The third-order valence-corrected chi connectivity index (χ3v) is 4.31. The summed E-state index contributed by atoms with van der Waals surface area (Å²) in [7, 11) is 0. The Morgan fingerprint density at radius 2 is 2.00 bits per heavy atom. The van der Waals surface area contributed by atoms with Crippen LogP contribution in [0.4, 0.5) is 0 Å². The van der Waals surface area contributed by atoms with Crippen molar-refractivity contribution in [3.8, 4) is 0 Å².